The number of hydrogen-bond donors (Lipinski definition) is 1. The molecule has 2 aromatic rings. The number of aliphatic carboxylic acids is 1. The van der Waals surface area contributed by atoms with E-state index in [-0.39, 0.29) is 18.5 Å². The van der Waals surface area contributed by atoms with Crippen LogP contribution in [-0.2, 0) is 9.53 Å². The van der Waals surface area contributed by atoms with Crippen LogP contribution in [0.1, 0.15) is 28.9 Å². The highest BCUT2D eigenvalue weighted by Gasteiger charge is 2.29. The summed E-state index contributed by atoms with van der Waals surface area (Å²) in [5.41, 5.74) is 2.41. The van der Waals surface area contributed by atoms with Gasteiger partial charge in [-0.05, 0) is 19.8 Å². The minimum atomic E-state index is -1.02. The second kappa shape index (κ2) is 7.76. The van der Waals surface area contributed by atoms with Crippen LogP contribution in [0, 0.1) is 6.92 Å². The molecule has 1 N–H and O–H groups in total. The lowest BCUT2D eigenvalue weighted by Crippen LogP contribution is -2.46. The molecular weight excluding hydrogens is 340 g/mol. The summed E-state index contributed by atoms with van der Waals surface area (Å²) in [6.07, 6.45) is 1.29. The summed E-state index contributed by atoms with van der Waals surface area (Å²) in [4.78, 5) is 29.9. The Morgan fingerprint density at radius 1 is 1.28 bits per heavy atom. The predicted octanol–water partition coefficient (Wildman–Crippen LogP) is 2.82. The van der Waals surface area contributed by atoms with E-state index in [9.17, 15) is 14.7 Å². The minimum Gasteiger partial charge on any atom is -0.480 e. The Kier molecular flexibility index (Phi) is 5.45. The van der Waals surface area contributed by atoms with Crippen molar-refractivity contribution in [2.45, 2.75) is 25.8 Å². The SMILES string of the molecule is Cc1ccc(-c2nc(C(=O)N(CC(=O)O)C3CCOCC3)cs2)cc1. The average molecular weight is 360 g/mol. The first kappa shape index (κ1) is 17.6. The molecule has 1 saturated heterocycles. The number of benzene rings is 1. The van der Waals surface area contributed by atoms with E-state index >= 15 is 0 Å². The second-order valence-corrected chi connectivity index (χ2v) is 6.93. The highest BCUT2D eigenvalue weighted by molar-refractivity contribution is 7.13. The third-order valence-corrected chi connectivity index (χ3v) is 5.11. The summed E-state index contributed by atoms with van der Waals surface area (Å²) >= 11 is 1.39. The Bertz CT molecular complexity index is 751. The first-order chi connectivity index (χ1) is 12.0. The zero-order valence-corrected chi connectivity index (χ0v) is 14.8. The molecule has 25 heavy (non-hydrogen) atoms. The lowest BCUT2D eigenvalue weighted by Gasteiger charge is -2.32. The molecule has 1 aliphatic heterocycles. The van der Waals surface area contributed by atoms with Crippen molar-refractivity contribution in [3.05, 3.63) is 40.9 Å². The molecule has 6 nitrogen and oxygen atoms in total. The van der Waals surface area contributed by atoms with Gasteiger partial charge in [-0.3, -0.25) is 9.59 Å². The van der Waals surface area contributed by atoms with Gasteiger partial charge in [0.15, 0.2) is 0 Å². The molecule has 0 aliphatic carbocycles. The number of hydrogen-bond acceptors (Lipinski definition) is 5. The standard InChI is InChI=1S/C18H20N2O4S/c1-12-2-4-13(5-3-12)17-19-15(11-25-17)18(23)20(10-16(21)22)14-6-8-24-9-7-14/h2-5,11,14H,6-10H2,1H3,(H,21,22). The molecule has 0 saturated carbocycles. The van der Waals surface area contributed by atoms with E-state index in [1.165, 1.54) is 16.2 Å². The highest BCUT2D eigenvalue weighted by Crippen LogP contribution is 2.25. The van der Waals surface area contributed by atoms with Gasteiger partial charge in [0.05, 0.1) is 0 Å². The van der Waals surface area contributed by atoms with E-state index in [1.807, 2.05) is 31.2 Å². The molecule has 1 aromatic heterocycles. The minimum absolute atomic E-state index is 0.123. The van der Waals surface area contributed by atoms with Crippen LogP contribution in [0.25, 0.3) is 10.6 Å². The van der Waals surface area contributed by atoms with Gasteiger partial charge in [-0.1, -0.05) is 29.8 Å². The van der Waals surface area contributed by atoms with E-state index in [1.54, 1.807) is 5.38 Å². The third kappa shape index (κ3) is 4.24. The average Bonchev–Trinajstić information content (AvgIpc) is 3.10. The smallest absolute Gasteiger partial charge is 0.323 e. The van der Waals surface area contributed by atoms with Crippen molar-refractivity contribution >= 4 is 23.2 Å². The monoisotopic (exact) mass is 360 g/mol. The van der Waals surface area contributed by atoms with Crippen molar-refractivity contribution in [3.63, 3.8) is 0 Å². The molecule has 1 aliphatic rings. The Hall–Kier alpha value is -2.25. The molecule has 132 valence electrons. The first-order valence-electron chi connectivity index (χ1n) is 8.17. The number of carbonyl (C=O) groups excluding carboxylic acids is 1. The summed E-state index contributed by atoms with van der Waals surface area (Å²) in [7, 11) is 0. The molecule has 1 aromatic carbocycles. The summed E-state index contributed by atoms with van der Waals surface area (Å²) in [6, 6.07) is 7.81. The van der Waals surface area contributed by atoms with Crippen molar-refractivity contribution < 1.29 is 19.4 Å². The molecule has 0 bridgehead atoms. The maximum Gasteiger partial charge on any atom is 0.323 e. The van der Waals surface area contributed by atoms with Crippen LogP contribution in [0.15, 0.2) is 29.6 Å². The van der Waals surface area contributed by atoms with Gasteiger partial charge in [0.1, 0.15) is 17.2 Å². The van der Waals surface area contributed by atoms with E-state index in [0.29, 0.717) is 31.7 Å². The van der Waals surface area contributed by atoms with E-state index in [0.717, 1.165) is 16.1 Å². The summed E-state index contributed by atoms with van der Waals surface area (Å²) in [5.74, 6) is -1.35. The van der Waals surface area contributed by atoms with Gasteiger partial charge in [0, 0.05) is 30.2 Å². The number of amides is 1. The second-order valence-electron chi connectivity index (χ2n) is 6.07. The van der Waals surface area contributed by atoms with Gasteiger partial charge in [0.25, 0.3) is 5.91 Å². The fourth-order valence-corrected chi connectivity index (χ4v) is 3.66. The number of carboxylic acids is 1. The number of carbonyl (C=O) groups is 2. The Morgan fingerprint density at radius 3 is 2.60 bits per heavy atom. The van der Waals surface area contributed by atoms with Crippen molar-refractivity contribution in [3.8, 4) is 10.6 Å². The van der Waals surface area contributed by atoms with E-state index in [4.69, 9.17) is 4.74 Å². The molecule has 0 spiro atoms. The van der Waals surface area contributed by atoms with Crippen molar-refractivity contribution in [2.24, 2.45) is 0 Å². The van der Waals surface area contributed by atoms with Gasteiger partial charge in [-0.25, -0.2) is 4.98 Å². The largest absolute Gasteiger partial charge is 0.480 e. The van der Waals surface area contributed by atoms with Crippen LogP contribution in [0.4, 0.5) is 0 Å². The van der Waals surface area contributed by atoms with Crippen LogP contribution in [0.5, 0.6) is 0 Å². The maximum absolute atomic E-state index is 12.8. The van der Waals surface area contributed by atoms with Gasteiger partial charge >= 0.3 is 5.97 Å². The zero-order valence-electron chi connectivity index (χ0n) is 14.0. The number of carboxylic acid groups (broad SMARTS) is 1. The van der Waals surface area contributed by atoms with E-state index in [2.05, 4.69) is 4.98 Å². The molecule has 2 heterocycles. The summed E-state index contributed by atoms with van der Waals surface area (Å²) in [5, 5.41) is 11.6. The van der Waals surface area contributed by atoms with Crippen LogP contribution in [-0.4, -0.2) is 52.7 Å². The number of nitrogens with zero attached hydrogens (tertiary/aromatic N) is 2. The Morgan fingerprint density at radius 2 is 1.96 bits per heavy atom. The number of aromatic nitrogens is 1. The molecule has 1 amide bonds. The fourth-order valence-electron chi connectivity index (χ4n) is 2.86. The molecular formula is C18H20N2O4S. The van der Waals surface area contributed by atoms with Crippen LogP contribution < -0.4 is 0 Å². The molecule has 0 atom stereocenters. The molecule has 3 rings (SSSR count). The Balaban J connectivity index is 1.81. The molecule has 0 radical (unpaired) electrons. The van der Waals surface area contributed by atoms with Crippen LogP contribution >= 0.6 is 11.3 Å². The third-order valence-electron chi connectivity index (χ3n) is 4.22. The van der Waals surface area contributed by atoms with Gasteiger partial charge < -0.3 is 14.7 Å². The predicted molar refractivity (Wildman–Crippen MR) is 94.8 cm³/mol. The van der Waals surface area contributed by atoms with Crippen LogP contribution in [0.3, 0.4) is 0 Å². The van der Waals surface area contributed by atoms with E-state index < -0.39 is 5.97 Å². The lowest BCUT2D eigenvalue weighted by molar-refractivity contribution is -0.138. The van der Waals surface area contributed by atoms with Crippen LogP contribution in [0.2, 0.25) is 0 Å². The van der Waals surface area contributed by atoms with Gasteiger partial charge in [0.2, 0.25) is 0 Å². The normalized spacial score (nSPS) is 15.1. The quantitative estimate of drug-likeness (QED) is 0.887. The van der Waals surface area contributed by atoms with Gasteiger partial charge in [-0.15, -0.1) is 11.3 Å². The van der Waals surface area contributed by atoms with Crippen molar-refractivity contribution in [1.82, 2.24) is 9.88 Å². The van der Waals surface area contributed by atoms with Crippen molar-refractivity contribution in [2.75, 3.05) is 19.8 Å². The fraction of sp³-hybridized carbons (Fsp3) is 0.389. The molecule has 7 heteroatoms. The van der Waals surface area contributed by atoms with Crippen molar-refractivity contribution in [1.29, 1.82) is 0 Å². The first-order valence-corrected chi connectivity index (χ1v) is 9.05. The zero-order chi connectivity index (χ0) is 17.8. The topological polar surface area (TPSA) is 79.7 Å². The number of rotatable bonds is 5. The summed E-state index contributed by atoms with van der Waals surface area (Å²) in [6.45, 7) is 2.78. The molecule has 0 unspecified atom stereocenters. The summed E-state index contributed by atoms with van der Waals surface area (Å²) < 4.78 is 5.31. The number of aryl methyl sites for hydroxylation is 1. The highest BCUT2D eigenvalue weighted by atomic mass is 32.1. The molecule has 1 fully saturated rings. The Labute approximate surface area is 150 Å². The lowest BCUT2D eigenvalue weighted by atomic mass is 10.1. The maximum atomic E-state index is 12.8. The van der Waals surface area contributed by atoms with Gasteiger partial charge in [-0.2, -0.15) is 0 Å². The number of ether oxygens (including phenoxy) is 1. The number of thiazole rings is 1.